The van der Waals surface area contributed by atoms with E-state index in [2.05, 4.69) is 176 Å². The molecule has 0 unspecified atom stereocenters. The molecule has 11 aromatic rings. The summed E-state index contributed by atoms with van der Waals surface area (Å²) >= 11 is 0. The van der Waals surface area contributed by atoms with Gasteiger partial charge >= 0.3 is 0 Å². The van der Waals surface area contributed by atoms with Gasteiger partial charge in [-0.3, -0.25) is 0 Å². The van der Waals surface area contributed by atoms with E-state index < -0.39 is 0 Å². The van der Waals surface area contributed by atoms with Crippen molar-refractivity contribution in [3.8, 4) is 73.4 Å². The van der Waals surface area contributed by atoms with E-state index in [1.165, 1.54) is 54.6 Å². The molecule has 0 aliphatic heterocycles. The molecule has 0 spiro atoms. The zero-order valence-corrected chi connectivity index (χ0v) is 32.5. The second kappa shape index (κ2) is 14.6. The van der Waals surface area contributed by atoms with Crippen molar-refractivity contribution >= 4 is 43.1 Å². The van der Waals surface area contributed by atoms with E-state index in [9.17, 15) is 5.26 Å². The van der Waals surface area contributed by atoms with Gasteiger partial charge in [0.2, 0.25) is 0 Å². The first-order valence-electron chi connectivity index (χ1n) is 20.2. The van der Waals surface area contributed by atoms with Gasteiger partial charge in [0.05, 0.1) is 23.0 Å². The molecular weight excluding hydrogens is 727 g/mol. The van der Waals surface area contributed by atoms with Crippen LogP contribution < -0.4 is 0 Å². The second-order valence-electron chi connectivity index (χ2n) is 15.2. The van der Waals surface area contributed by atoms with Crippen molar-refractivity contribution in [2.24, 2.45) is 0 Å². The molecule has 3 nitrogen and oxygen atoms in total. The minimum atomic E-state index is 0.649. The van der Waals surface area contributed by atoms with E-state index >= 15 is 0 Å². The highest BCUT2D eigenvalue weighted by Crippen LogP contribution is 2.46. The minimum Gasteiger partial charge on any atom is -0.228 e. The van der Waals surface area contributed by atoms with Crippen LogP contribution in [0.3, 0.4) is 0 Å². The summed E-state index contributed by atoms with van der Waals surface area (Å²) in [4.78, 5) is 10.2. The van der Waals surface area contributed by atoms with Crippen molar-refractivity contribution < 1.29 is 0 Å². The number of rotatable bonds is 6. The summed E-state index contributed by atoms with van der Waals surface area (Å²) in [5.41, 5.74) is 12.4. The van der Waals surface area contributed by atoms with Crippen molar-refractivity contribution in [3.05, 3.63) is 218 Å². The Morgan fingerprint density at radius 2 is 0.817 bits per heavy atom. The molecule has 60 heavy (non-hydrogen) atoms. The number of fused-ring (bicyclic) bond motifs is 5. The van der Waals surface area contributed by atoms with Gasteiger partial charge in [-0.05, 0) is 107 Å². The van der Waals surface area contributed by atoms with Gasteiger partial charge in [-0.2, -0.15) is 5.26 Å². The Labute approximate surface area is 348 Å². The summed E-state index contributed by atoms with van der Waals surface area (Å²) in [6.07, 6.45) is 0. The SMILES string of the molecule is N#Cc1ccc(-c2ccc(-c3cc(-c4ccc5cc(-c6c7ccccc7c(-c7ccccc7)c7ccc8ccccc8c67)ccc5c4)nc(-c4ccccc4)n3)cc2)cc1. The van der Waals surface area contributed by atoms with Gasteiger partial charge in [0.1, 0.15) is 0 Å². The molecule has 0 bridgehead atoms. The van der Waals surface area contributed by atoms with Crippen LogP contribution in [0.4, 0.5) is 0 Å². The van der Waals surface area contributed by atoms with Crippen LogP contribution in [0.5, 0.6) is 0 Å². The Balaban J connectivity index is 1.04. The molecule has 0 aliphatic rings. The fourth-order valence-electron chi connectivity index (χ4n) is 8.75. The van der Waals surface area contributed by atoms with Gasteiger partial charge < -0.3 is 0 Å². The maximum atomic E-state index is 9.25. The number of benzene rings is 10. The number of nitrogens with zero attached hydrogens (tertiary/aromatic N) is 3. The van der Waals surface area contributed by atoms with E-state index in [1.54, 1.807) is 0 Å². The third-order valence-corrected chi connectivity index (χ3v) is 11.7. The van der Waals surface area contributed by atoms with Crippen LogP contribution in [0.15, 0.2) is 212 Å². The zero-order chi connectivity index (χ0) is 40.0. The molecule has 0 radical (unpaired) electrons. The van der Waals surface area contributed by atoms with E-state index in [4.69, 9.17) is 9.97 Å². The highest BCUT2D eigenvalue weighted by atomic mass is 14.9. The Hall–Kier alpha value is -8.19. The lowest BCUT2D eigenvalue weighted by atomic mass is 9.83. The molecule has 0 atom stereocenters. The number of hydrogen-bond donors (Lipinski definition) is 0. The standard InChI is InChI=1S/C57H35N3/c58-36-37-19-21-38(22-20-37)39-23-25-41(26-24-39)52-35-53(60-57(59-52)43-14-5-2-6-15-43)46-29-27-45-34-47(30-28-44(45)33-46)55-50-18-10-9-17-49(50)54(42-12-3-1-4-13-42)51-32-31-40-11-7-8-16-48(40)56(51)55/h1-35H. The molecule has 3 heteroatoms. The van der Waals surface area contributed by atoms with Crippen molar-refractivity contribution in [2.75, 3.05) is 0 Å². The maximum Gasteiger partial charge on any atom is 0.160 e. The highest BCUT2D eigenvalue weighted by molar-refractivity contribution is 6.28. The monoisotopic (exact) mass is 761 g/mol. The van der Waals surface area contributed by atoms with Crippen LogP contribution in [0.1, 0.15) is 5.56 Å². The summed E-state index contributed by atoms with van der Waals surface area (Å²) in [5, 5.41) is 19.0. The predicted octanol–water partition coefficient (Wildman–Crippen LogP) is 15.0. The molecule has 0 N–H and O–H groups in total. The fraction of sp³-hybridized carbons (Fsp3) is 0. The molecule has 0 saturated carbocycles. The Morgan fingerprint density at radius 1 is 0.317 bits per heavy atom. The molecule has 1 aromatic heterocycles. The quantitative estimate of drug-likeness (QED) is 0.125. The largest absolute Gasteiger partial charge is 0.228 e. The Kier molecular flexibility index (Phi) is 8.54. The van der Waals surface area contributed by atoms with Crippen molar-refractivity contribution in [3.63, 3.8) is 0 Å². The molecule has 1 heterocycles. The normalized spacial score (nSPS) is 11.3. The molecule has 278 valence electrons. The van der Waals surface area contributed by atoms with Gasteiger partial charge in [-0.1, -0.05) is 182 Å². The summed E-state index contributed by atoms with van der Waals surface area (Å²) in [6, 6.07) is 77.1. The number of nitriles is 1. The Bertz CT molecular complexity index is 3460. The average molecular weight is 762 g/mol. The van der Waals surface area contributed by atoms with Crippen molar-refractivity contribution in [1.82, 2.24) is 9.97 Å². The lowest BCUT2D eigenvalue weighted by Crippen LogP contribution is -1.96. The van der Waals surface area contributed by atoms with Crippen LogP contribution in [0, 0.1) is 11.3 Å². The second-order valence-corrected chi connectivity index (χ2v) is 15.2. The molecule has 11 rings (SSSR count). The first kappa shape index (κ1) is 35.0. The van der Waals surface area contributed by atoms with Gasteiger partial charge in [0.25, 0.3) is 0 Å². The van der Waals surface area contributed by atoms with Gasteiger partial charge in [-0.25, -0.2) is 9.97 Å². The summed E-state index contributed by atoms with van der Waals surface area (Å²) in [7, 11) is 0. The van der Waals surface area contributed by atoms with E-state index in [0.29, 0.717) is 11.4 Å². The van der Waals surface area contributed by atoms with Gasteiger partial charge in [0.15, 0.2) is 5.82 Å². The lowest BCUT2D eigenvalue weighted by molar-refractivity contribution is 1.18. The zero-order valence-electron chi connectivity index (χ0n) is 32.5. The van der Waals surface area contributed by atoms with Gasteiger partial charge in [-0.15, -0.1) is 0 Å². The number of hydrogen-bond acceptors (Lipinski definition) is 3. The van der Waals surface area contributed by atoms with E-state index in [1.807, 2.05) is 42.5 Å². The van der Waals surface area contributed by atoms with Crippen molar-refractivity contribution in [2.45, 2.75) is 0 Å². The van der Waals surface area contributed by atoms with Crippen LogP contribution in [-0.4, -0.2) is 9.97 Å². The first-order valence-corrected chi connectivity index (χ1v) is 20.2. The lowest BCUT2D eigenvalue weighted by Gasteiger charge is -2.19. The molecule has 0 aliphatic carbocycles. The van der Waals surface area contributed by atoms with Gasteiger partial charge in [0, 0.05) is 16.7 Å². The van der Waals surface area contributed by atoms with Crippen molar-refractivity contribution in [1.29, 1.82) is 5.26 Å². The molecule has 0 saturated heterocycles. The van der Waals surface area contributed by atoms with E-state index in [-0.39, 0.29) is 0 Å². The maximum absolute atomic E-state index is 9.25. The van der Waals surface area contributed by atoms with Crippen LogP contribution >= 0.6 is 0 Å². The van der Waals surface area contributed by atoms with Crippen LogP contribution in [0.2, 0.25) is 0 Å². The smallest absolute Gasteiger partial charge is 0.160 e. The Morgan fingerprint density at radius 3 is 1.50 bits per heavy atom. The molecule has 0 amide bonds. The molecule has 0 fully saturated rings. The third kappa shape index (κ3) is 6.16. The topological polar surface area (TPSA) is 49.6 Å². The third-order valence-electron chi connectivity index (χ3n) is 11.7. The minimum absolute atomic E-state index is 0.649. The summed E-state index contributed by atoms with van der Waals surface area (Å²) in [5.74, 6) is 0.680. The van der Waals surface area contributed by atoms with Crippen LogP contribution in [0.25, 0.3) is 110 Å². The predicted molar refractivity (Wildman–Crippen MR) is 249 cm³/mol. The first-order chi connectivity index (χ1) is 29.7. The molecular formula is C57H35N3. The summed E-state index contributed by atoms with van der Waals surface area (Å²) < 4.78 is 0. The average Bonchev–Trinajstić information content (AvgIpc) is 3.33. The molecule has 10 aromatic carbocycles. The highest BCUT2D eigenvalue weighted by Gasteiger charge is 2.19. The number of aromatic nitrogens is 2. The summed E-state index contributed by atoms with van der Waals surface area (Å²) in [6.45, 7) is 0. The van der Waals surface area contributed by atoms with E-state index in [0.717, 1.165) is 50.0 Å². The van der Waals surface area contributed by atoms with Crippen LogP contribution in [-0.2, 0) is 0 Å². The fourth-order valence-corrected chi connectivity index (χ4v) is 8.75.